The van der Waals surface area contributed by atoms with Gasteiger partial charge in [-0.1, -0.05) is 6.92 Å². The van der Waals surface area contributed by atoms with Crippen LogP contribution in [-0.4, -0.2) is 52.8 Å². The van der Waals surface area contributed by atoms with E-state index in [0.29, 0.717) is 12.1 Å². The Morgan fingerprint density at radius 2 is 1.71 bits per heavy atom. The maximum Gasteiger partial charge on any atom is 0.325 e. The summed E-state index contributed by atoms with van der Waals surface area (Å²) < 4.78 is 0. The van der Waals surface area contributed by atoms with Crippen LogP contribution in [0.1, 0.15) is 45.4 Å². The van der Waals surface area contributed by atoms with Gasteiger partial charge in [0.2, 0.25) is 5.91 Å². The second kappa shape index (κ2) is 5.66. The SMILES string of the molecule is CC1CCC(N(C(=O)CN2C(=O)CNC2=O)C2CC2)CC1. The Bertz CT molecular complexity index is 437. The van der Waals surface area contributed by atoms with Crippen molar-refractivity contribution in [1.82, 2.24) is 15.1 Å². The largest absolute Gasteiger partial charge is 0.335 e. The number of imide groups is 1. The standard InChI is InChI=1S/C15H23N3O3/c1-10-2-4-11(5-3-10)18(12-6-7-12)14(20)9-17-13(19)8-16-15(17)21/h10-12H,2-9H2,1H3,(H,16,21). The highest BCUT2D eigenvalue weighted by Crippen LogP contribution is 2.35. The molecule has 2 aliphatic carbocycles. The Morgan fingerprint density at radius 1 is 1.14 bits per heavy atom. The first kappa shape index (κ1) is 14.4. The molecule has 1 heterocycles. The van der Waals surface area contributed by atoms with Gasteiger partial charge in [0.1, 0.15) is 6.54 Å². The Hall–Kier alpha value is -1.59. The zero-order valence-corrected chi connectivity index (χ0v) is 12.5. The topological polar surface area (TPSA) is 69.7 Å². The molecule has 0 spiro atoms. The van der Waals surface area contributed by atoms with Crippen LogP contribution in [0.15, 0.2) is 0 Å². The lowest BCUT2D eigenvalue weighted by Gasteiger charge is -2.37. The molecule has 3 aliphatic rings. The number of hydrogen-bond donors (Lipinski definition) is 1. The molecule has 6 nitrogen and oxygen atoms in total. The van der Waals surface area contributed by atoms with Crippen molar-refractivity contribution in [3.63, 3.8) is 0 Å². The molecule has 1 saturated heterocycles. The van der Waals surface area contributed by atoms with E-state index >= 15 is 0 Å². The van der Waals surface area contributed by atoms with Gasteiger partial charge in [0.15, 0.2) is 0 Å². The van der Waals surface area contributed by atoms with Crippen LogP contribution in [0.3, 0.4) is 0 Å². The van der Waals surface area contributed by atoms with E-state index in [2.05, 4.69) is 12.2 Å². The molecule has 116 valence electrons. The van der Waals surface area contributed by atoms with Crippen molar-refractivity contribution in [2.24, 2.45) is 5.92 Å². The lowest BCUT2D eigenvalue weighted by Crippen LogP contribution is -2.49. The molecule has 0 aromatic rings. The van der Waals surface area contributed by atoms with Gasteiger partial charge in [-0.3, -0.25) is 14.5 Å². The molecule has 4 amide bonds. The van der Waals surface area contributed by atoms with Crippen LogP contribution in [0, 0.1) is 5.92 Å². The van der Waals surface area contributed by atoms with Crippen molar-refractivity contribution in [2.75, 3.05) is 13.1 Å². The van der Waals surface area contributed by atoms with Gasteiger partial charge < -0.3 is 10.2 Å². The monoisotopic (exact) mass is 293 g/mol. The first-order chi connectivity index (χ1) is 10.1. The number of rotatable bonds is 4. The number of nitrogens with zero attached hydrogens (tertiary/aromatic N) is 2. The van der Waals surface area contributed by atoms with Gasteiger partial charge in [0.25, 0.3) is 5.91 Å². The first-order valence-corrected chi connectivity index (χ1v) is 7.95. The van der Waals surface area contributed by atoms with E-state index in [-0.39, 0.29) is 24.9 Å². The third kappa shape index (κ3) is 3.04. The summed E-state index contributed by atoms with van der Waals surface area (Å²) in [6.45, 7) is 2.16. The molecule has 0 unspecified atom stereocenters. The van der Waals surface area contributed by atoms with E-state index < -0.39 is 6.03 Å². The van der Waals surface area contributed by atoms with E-state index in [1.54, 1.807) is 0 Å². The molecule has 0 bridgehead atoms. The predicted molar refractivity (Wildman–Crippen MR) is 76.4 cm³/mol. The fourth-order valence-corrected chi connectivity index (χ4v) is 3.41. The van der Waals surface area contributed by atoms with Crippen LogP contribution in [0.5, 0.6) is 0 Å². The molecule has 0 aromatic heterocycles. The van der Waals surface area contributed by atoms with Crippen molar-refractivity contribution in [3.05, 3.63) is 0 Å². The molecule has 2 saturated carbocycles. The van der Waals surface area contributed by atoms with Crippen molar-refractivity contribution < 1.29 is 14.4 Å². The number of urea groups is 1. The highest BCUT2D eigenvalue weighted by Gasteiger charge is 2.40. The minimum atomic E-state index is -0.443. The van der Waals surface area contributed by atoms with Crippen LogP contribution in [0.2, 0.25) is 0 Å². The third-order valence-electron chi connectivity index (χ3n) is 4.84. The normalized spacial score (nSPS) is 29.5. The highest BCUT2D eigenvalue weighted by molar-refractivity contribution is 6.04. The lowest BCUT2D eigenvalue weighted by atomic mass is 9.86. The smallest absolute Gasteiger partial charge is 0.325 e. The van der Waals surface area contributed by atoms with Gasteiger partial charge in [0.05, 0.1) is 6.54 Å². The molecule has 0 aromatic carbocycles. The molecule has 0 radical (unpaired) electrons. The Kier molecular flexibility index (Phi) is 3.87. The zero-order valence-electron chi connectivity index (χ0n) is 12.5. The number of nitrogens with one attached hydrogen (secondary N) is 1. The van der Waals surface area contributed by atoms with Crippen LogP contribution in [-0.2, 0) is 9.59 Å². The third-order valence-corrected chi connectivity index (χ3v) is 4.84. The second-order valence-electron chi connectivity index (χ2n) is 6.58. The Morgan fingerprint density at radius 3 is 2.19 bits per heavy atom. The van der Waals surface area contributed by atoms with Crippen LogP contribution >= 0.6 is 0 Å². The highest BCUT2D eigenvalue weighted by atomic mass is 16.2. The number of carbonyl (C=O) groups is 3. The average molecular weight is 293 g/mol. The van der Waals surface area contributed by atoms with E-state index in [1.807, 2.05) is 4.90 Å². The van der Waals surface area contributed by atoms with Gasteiger partial charge in [0, 0.05) is 12.1 Å². The van der Waals surface area contributed by atoms with Gasteiger partial charge in [-0.15, -0.1) is 0 Å². The maximum absolute atomic E-state index is 12.6. The van der Waals surface area contributed by atoms with E-state index in [1.165, 1.54) is 0 Å². The van der Waals surface area contributed by atoms with E-state index in [4.69, 9.17) is 0 Å². The molecule has 1 aliphatic heterocycles. The minimum Gasteiger partial charge on any atom is -0.335 e. The van der Waals surface area contributed by atoms with Crippen LogP contribution in [0.4, 0.5) is 4.79 Å². The van der Waals surface area contributed by atoms with E-state index in [9.17, 15) is 14.4 Å². The summed E-state index contributed by atoms with van der Waals surface area (Å²) in [5, 5.41) is 2.46. The first-order valence-electron chi connectivity index (χ1n) is 7.95. The fraction of sp³-hybridized carbons (Fsp3) is 0.800. The van der Waals surface area contributed by atoms with E-state index in [0.717, 1.165) is 49.3 Å². The molecular weight excluding hydrogens is 270 g/mol. The van der Waals surface area contributed by atoms with Gasteiger partial charge in [-0.25, -0.2) is 4.79 Å². The van der Waals surface area contributed by atoms with Gasteiger partial charge >= 0.3 is 6.03 Å². The van der Waals surface area contributed by atoms with Crippen LogP contribution < -0.4 is 5.32 Å². The van der Waals surface area contributed by atoms with Crippen LogP contribution in [0.25, 0.3) is 0 Å². The second-order valence-corrected chi connectivity index (χ2v) is 6.58. The number of amides is 4. The van der Waals surface area contributed by atoms with Crippen molar-refractivity contribution in [2.45, 2.75) is 57.5 Å². The summed E-state index contributed by atoms with van der Waals surface area (Å²) in [5.41, 5.74) is 0. The predicted octanol–water partition coefficient (Wildman–Crippen LogP) is 1.11. The molecule has 0 atom stereocenters. The number of carbonyl (C=O) groups excluding carboxylic acids is 3. The fourth-order valence-electron chi connectivity index (χ4n) is 3.41. The summed E-state index contributed by atoms with van der Waals surface area (Å²) in [7, 11) is 0. The van der Waals surface area contributed by atoms with Crippen molar-refractivity contribution >= 4 is 17.8 Å². The number of hydrogen-bond acceptors (Lipinski definition) is 3. The van der Waals surface area contributed by atoms with Gasteiger partial charge in [-0.05, 0) is 44.4 Å². The summed E-state index contributed by atoms with van der Waals surface area (Å²) in [6.07, 6.45) is 6.51. The molecule has 21 heavy (non-hydrogen) atoms. The Labute approximate surface area is 124 Å². The summed E-state index contributed by atoms with van der Waals surface area (Å²) in [5.74, 6) is 0.368. The zero-order chi connectivity index (χ0) is 15.0. The van der Waals surface area contributed by atoms with Gasteiger partial charge in [-0.2, -0.15) is 0 Å². The quantitative estimate of drug-likeness (QED) is 0.789. The maximum atomic E-state index is 12.6. The summed E-state index contributed by atoms with van der Waals surface area (Å²) >= 11 is 0. The molecule has 6 heteroatoms. The Balaban J connectivity index is 1.65. The minimum absolute atomic E-state index is 0.0104. The van der Waals surface area contributed by atoms with Crippen molar-refractivity contribution in [3.8, 4) is 0 Å². The average Bonchev–Trinajstić information content (AvgIpc) is 3.24. The lowest BCUT2D eigenvalue weighted by molar-refractivity contribution is -0.139. The molecule has 1 N–H and O–H groups in total. The molecule has 3 fully saturated rings. The molecular formula is C15H23N3O3. The summed E-state index contributed by atoms with van der Waals surface area (Å²) in [6, 6.07) is 0.181. The summed E-state index contributed by atoms with van der Waals surface area (Å²) in [4.78, 5) is 38.8. The molecule has 3 rings (SSSR count). The van der Waals surface area contributed by atoms with Crippen molar-refractivity contribution in [1.29, 1.82) is 0 Å².